The van der Waals surface area contributed by atoms with Gasteiger partial charge in [0.05, 0.1) is 6.04 Å². The molecule has 1 aliphatic carbocycles. The van der Waals surface area contributed by atoms with Gasteiger partial charge < -0.3 is 19.9 Å². The van der Waals surface area contributed by atoms with Crippen LogP contribution in [0.2, 0.25) is 0 Å². The fourth-order valence-corrected chi connectivity index (χ4v) is 4.85. The Morgan fingerprint density at radius 2 is 1.58 bits per heavy atom. The van der Waals surface area contributed by atoms with Gasteiger partial charge in [-0.1, -0.05) is 12.8 Å². The fraction of sp³-hybridized carbons (Fsp3) is 0.889. The molecule has 4 aliphatic rings. The summed E-state index contributed by atoms with van der Waals surface area (Å²) in [5, 5.41) is 3.58. The van der Waals surface area contributed by atoms with E-state index in [1.807, 2.05) is 9.80 Å². The SMILES string of the molecule is O=C(C1CC2CCCCC2N1)N1CCN(C(=O)C2CCCO2)CC1. The topological polar surface area (TPSA) is 61.9 Å². The van der Waals surface area contributed by atoms with Crippen molar-refractivity contribution in [1.82, 2.24) is 15.1 Å². The Balaban J connectivity index is 1.28. The van der Waals surface area contributed by atoms with Gasteiger partial charge in [-0.15, -0.1) is 0 Å². The molecule has 0 aromatic heterocycles. The molecule has 4 atom stereocenters. The van der Waals surface area contributed by atoms with E-state index in [2.05, 4.69) is 5.32 Å². The second-order valence-electron chi connectivity index (χ2n) is 7.76. The van der Waals surface area contributed by atoms with Gasteiger partial charge in [0.2, 0.25) is 5.91 Å². The number of nitrogens with one attached hydrogen (secondary N) is 1. The van der Waals surface area contributed by atoms with Crippen molar-refractivity contribution in [1.29, 1.82) is 0 Å². The lowest BCUT2D eigenvalue weighted by Gasteiger charge is -2.36. The third-order valence-electron chi connectivity index (χ3n) is 6.27. The Kier molecular flexibility index (Phi) is 4.77. The number of piperazine rings is 1. The number of hydrogen-bond donors (Lipinski definition) is 1. The van der Waals surface area contributed by atoms with Gasteiger partial charge in [0.15, 0.2) is 0 Å². The zero-order valence-corrected chi connectivity index (χ0v) is 14.4. The molecule has 6 heteroatoms. The number of hydrogen-bond acceptors (Lipinski definition) is 4. The number of carbonyl (C=O) groups is 2. The van der Waals surface area contributed by atoms with Crippen molar-refractivity contribution < 1.29 is 14.3 Å². The van der Waals surface area contributed by atoms with Gasteiger partial charge in [-0.05, 0) is 38.0 Å². The molecule has 2 amide bonds. The van der Waals surface area contributed by atoms with Crippen molar-refractivity contribution in [3.05, 3.63) is 0 Å². The molecule has 6 nitrogen and oxygen atoms in total. The highest BCUT2D eigenvalue weighted by atomic mass is 16.5. The van der Waals surface area contributed by atoms with Gasteiger partial charge in [-0.2, -0.15) is 0 Å². The largest absolute Gasteiger partial charge is 0.368 e. The van der Waals surface area contributed by atoms with Gasteiger partial charge >= 0.3 is 0 Å². The van der Waals surface area contributed by atoms with E-state index in [-0.39, 0.29) is 24.0 Å². The lowest BCUT2D eigenvalue weighted by atomic mass is 9.85. The maximum atomic E-state index is 12.8. The molecule has 1 saturated carbocycles. The molecular formula is C18H29N3O3. The van der Waals surface area contributed by atoms with Gasteiger partial charge in [0.25, 0.3) is 5.91 Å². The van der Waals surface area contributed by atoms with Crippen molar-refractivity contribution in [2.45, 2.75) is 63.1 Å². The summed E-state index contributed by atoms with van der Waals surface area (Å²) in [6.45, 7) is 3.30. The predicted molar refractivity (Wildman–Crippen MR) is 89.4 cm³/mol. The first-order valence-electron chi connectivity index (χ1n) is 9.67. The quantitative estimate of drug-likeness (QED) is 0.809. The summed E-state index contributed by atoms with van der Waals surface area (Å²) in [6, 6.07) is 0.550. The number of rotatable bonds is 2. The van der Waals surface area contributed by atoms with E-state index >= 15 is 0 Å². The monoisotopic (exact) mass is 335 g/mol. The smallest absolute Gasteiger partial charge is 0.251 e. The molecule has 0 aromatic rings. The van der Waals surface area contributed by atoms with Crippen molar-refractivity contribution in [2.75, 3.05) is 32.8 Å². The highest BCUT2D eigenvalue weighted by Gasteiger charge is 2.40. The molecule has 0 bridgehead atoms. The lowest BCUT2D eigenvalue weighted by molar-refractivity contribution is -0.146. The lowest BCUT2D eigenvalue weighted by Crippen LogP contribution is -2.56. The number of ether oxygens (including phenoxy) is 1. The molecule has 3 saturated heterocycles. The molecule has 4 rings (SSSR count). The highest BCUT2D eigenvalue weighted by Crippen LogP contribution is 2.33. The summed E-state index contributed by atoms with van der Waals surface area (Å²) in [5.74, 6) is 1.05. The second kappa shape index (κ2) is 7.00. The third kappa shape index (κ3) is 3.18. The van der Waals surface area contributed by atoms with Crippen LogP contribution in [0.15, 0.2) is 0 Å². The molecule has 4 fully saturated rings. The molecule has 0 spiro atoms. The van der Waals surface area contributed by atoms with Gasteiger partial charge in [-0.25, -0.2) is 0 Å². The summed E-state index contributed by atoms with van der Waals surface area (Å²) in [7, 11) is 0. The Morgan fingerprint density at radius 1 is 0.875 bits per heavy atom. The molecule has 1 N–H and O–H groups in total. The Morgan fingerprint density at radius 3 is 2.25 bits per heavy atom. The first-order chi connectivity index (χ1) is 11.7. The normalized spacial score (nSPS) is 36.7. The molecule has 3 heterocycles. The molecule has 134 valence electrons. The van der Waals surface area contributed by atoms with Crippen LogP contribution in [0.1, 0.15) is 44.9 Å². The fourth-order valence-electron chi connectivity index (χ4n) is 4.85. The van der Waals surface area contributed by atoms with Crippen molar-refractivity contribution >= 4 is 11.8 Å². The summed E-state index contributed by atoms with van der Waals surface area (Å²) < 4.78 is 5.50. The van der Waals surface area contributed by atoms with Crippen molar-refractivity contribution in [2.24, 2.45) is 5.92 Å². The van der Waals surface area contributed by atoms with Crippen LogP contribution >= 0.6 is 0 Å². The van der Waals surface area contributed by atoms with Gasteiger partial charge in [-0.3, -0.25) is 9.59 Å². The minimum absolute atomic E-state index is 0.00137. The maximum Gasteiger partial charge on any atom is 0.251 e. The first-order valence-corrected chi connectivity index (χ1v) is 9.67. The van der Waals surface area contributed by atoms with Crippen LogP contribution < -0.4 is 5.32 Å². The molecule has 3 aliphatic heterocycles. The third-order valence-corrected chi connectivity index (χ3v) is 6.27. The summed E-state index contributed by atoms with van der Waals surface area (Å²) in [4.78, 5) is 29.0. The van der Waals surface area contributed by atoms with Crippen LogP contribution in [-0.4, -0.2) is 72.6 Å². The minimum Gasteiger partial charge on any atom is -0.368 e. The zero-order valence-electron chi connectivity index (χ0n) is 14.4. The van der Waals surface area contributed by atoms with Crippen LogP contribution in [0.25, 0.3) is 0 Å². The Bertz CT molecular complexity index is 470. The molecule has 0 aromatic carbocycles. The average Bonchev–Trinajstić information content (AvgIpc) is 3.30. The highest BCUT2D eigenvalue weighted by molar-refractivity contribution is 5.84. The number of fused-ring (bicyclic) bond motifs is 1. The summed E-state index contributed by atoms with van der Waals surface area (Å²) in [5.41, 5.74) is 0. The van der Waals surface area contributed by atoms with Crippen LogP contribution in [0.5, 0.6) is 0 Å². The van der Waals surface area contributed by atoms with Crippen LogP contribution in [0, 0.1) is 5.92 Å². The van der Waals surface area contributed by atoms with E-state index in [0.29, 0.717) is 44.7 Å². The standard InChI is InChI=1S/C18H29N3O3/c22-17(15-12-13-4-1-2-5-14(13)19-15)20-7-9-21(10-8-20)18(23)16-6-3-11-24-16/h13-16,19H,1-12H2. The zero-order chi connectivity index (χ0) is 16.5. The second-order valence-corrected chi connectivity index (χ2v) is 7.76. The molecular weight excluding hydrogens is 306 g/mol. The van der Waals surface area contributed by atoms with Crippen LogP contribution in [-0.2, 0) is 14.3 Å². The predicted octanol–water partition coefficient (Wildman–Crippen LogP) is 0.757. The van der Waals surface area contributed by atoms with Gasteiger partial charge in [0, 0.05) is 38.8 Å². The van der Waals surface area contributed by atoms with Crippen LogP contribution in [0.4, 0.5) is 0 Å². The summed E-state index contributed by atoms with van der Waals surface area (Å²) >= 11 is 0. The summed E-state index contributed by atoms with van der Waals surface area (Å²) in [6.07, 6.45) is 7.67. The maximum absolute atomic E-state index is 12.8. The van der Waals surface area contributed by atoms with Gasteiger partial charge in [0.1, 0.15) is 6.10 Å². The Hall–Kier alpha value is -1.14. The van der Waals surface area contributed by atoms with Crippen molar-refractivity contribution in [3.8, 4) is 0 Å². The molecule has 0 radical (unpaired) electrons. The first kappa shape index (κ1) is 16.3. The van der Waals surface area contributed by atoms with Crippen LogP contribution in [0.3, 0.4) is 0 Å². The van der Waals surface area contributed by atoms with E-state index < -0.39 is 0 Å². The van der Waals surface area contributed by atoms with E-state index in [0.717, 1.165) is 19.3 Å². The van der Waals surface area contributed by atoms with E-state index in [4.69, 9.17) is 4.74 Å². The number of nitrogens with zero attached hydrogens (tertiary/aromatic N) is 2. The molecule has 4 unspecified atom stereocenters. The molecule has 24 heavy (non-hydrogen) atoms. The van der Waals surface area contributed by atoms with E-state index in [1.54, 1.807) is 0 Å². The van der Waals surface area contributed by atoms with E-state index in [9.17, 15) is 9.59 Å². The van der Waals surface area contributed by atoms with Crippen molar-refractivity contribution in [3.63, 3.8) is 0 Å². The minimum atomic E-state index is -0.244. The number of amides is 2. The average molecular weight is 335 g/mol. The Labute approximate surface area is 143 Å². The van der Waals surface area contributed by atoms with E-state index in [1.165, 1.54) is 25.7 Å². The number of carbonyl (C=O) groups excluding carboxylic acids is 2.